The molecule has 0 fully saturated rings. The molecule has 2 unspecified atom stereocenters. The zero-order valence-electron chi connectivity index (χ0n) is 11.8. The predicted octanol–water partition coefficient (Wildman–Crippen LogP) is 2.54. The van der Waals surface area contributed by atoms with Gasteiger partial charge in [-0.05, 0) is 19.4 Å². The lowest BCUT2D eigenvalue weighted by atomic mass is 9.98. The van der Waals surface area contributed by atoms with Gasteiger partial charge in [0.05, 0.1) is 19.3 Å². The smallest absolute Gasteiger partial charge is 0.131 e. The lowest BCUT2D eigenvalue weighted by Gasteiger charge is -2.27. The third-order valence-corrected chi connectivity index (χ3v) is 3.05. The molecule has 4 nitrogen and oxygen atoms in total. The topological polar surface area (TPSA) is 56.5 Å². The minimum atomic E-state index is -0.370. The number of ether oxygens (including phenoxy) is 2. The number of methoxy groups -OCH3 is 1. The molecule has 0 amide bonds. The highest BCUT2D eigenvalue weighted by Gasteiger charge is 2.24. The molecule has 0 aliphatic carbocycles. The molecule has 0 aromatic heterocycles. The van der Waals surface area contributed by atoms with Gasteiger partial charge in [-0.3, -0.25) is 11.3 Å². The molecule has 0 aliphatic heterocycles. The van der Waals surface area contributed by atoms with E-state index in [1.807, 2.05) is 6.92 Å². The van der Waals surface area contributed by atoms with Crippen molar-refractivity contribution in [2.45, 2.75) is 38.8 Å². The molecule has 1 aromatic rings. The normalized spacial score (nSPS) is 14.2. The minimum Gasteiger partial charge on any atom is -0.497 e. The van der Waals surface area contributed by atoms with Crippen LogP contribution in [0.15, 0.2) is 18.2 Å². The van der Waals surface area contributed by atoms with Crippen LogP contribution in [0, 0.1) is 5.82 Å². The van der Waals surface area contributed by atoms with E-state index >= 15 is 0 Å². The molecule has 0 aliphatic rings. The summed E-state index contributed by atoms with van der Waals surface area (Å²) in [5.41, 5.74) is 3.16. The molecule has 0 saturated carbocycles. The Morgan fingerprint density at radius 2 is 2.11 bits per heavy atom. The molecule has 1 aromatic carbocycles. The second kappa shape index (κ2) is 8.09. The SMILES string of the molecule is CCCC(OCC)C(NN)c1ccc(OC)cc1F. The lowest BCUT2D eigenvalue weighted by Crippen LogP contribution is -2.38. The van der Waals surface area contributed by atoms with Gasteiger partial charge >= 0.3 is 0 Å². The molecule has 108 valence electrons. The number of hydrogen-bond acceptors (Lipinski definition) is 4. The highest BCUT2D eigenvalue weighted by molar-refractivity contribution is 5.31. The minimum absolute atomic E-state index is 0.150. The van der Waals surface area contributed by atoms with E-state index < -0.39 is 0 Å². The van der Waals surface area contributed by atoms with Crippen LogP contribution in [-0.4, -0.2) is 19.8 Å². The summed E-state index contributed by atoms with van der Waals surface area (Å²) in [6.45, 7) is 4.55. The van der Waals surface area contributed by atoms with Crippen molar-refractivity contribution in [2.24, 2.45) is 5.84 Å². The van der Waals surface area contributed by atoms with Crippen molar-refractivity contribution in [3.63, 3.8) is 0 Å². The Morgan fingerprint density at radius 1 is 1.37 bits per heavy atom. The van der Waals surface area contributed by atoms with Crippen molar-refractivity contribution < 1.29 is 13.9 Å². The molecule has 0 saturated heterocycles. The summed E-state index contributed by atoms with van der Waals surface area (Å²) in [4.78, 5) is 0. The maximum absolute atomic E-state index is 14.1. The standard InChI is InChI=1S/C14H23FN2O2/c1-4-6-13(19-5-2)14(17-16)11-8-7-10(18-3)9-12(11)15/h7-9,13-14,17H,4-6,16H2,1-3H3. The number of rotatable bonds is 8. The number of nitrogens with one attached hydrogen (secondary N) is 1. The molecule has 3 N–H and O–H groups in total. The fourth-order valence-electron chi connectivity index (χ4n) is 2.13. The van der Waals surface area contributed by atoms with E-state index in [0.717, 1.165) is 12.8 Å². The summed E-state index contributed by atoms with van der Waals surface area (Å²) >= 11 is 0. The van der Waals surface area contributed by atoms with Crippen LogP contribution in [0.1, 0.15) is 38.3 Å². The van der Waals surface area contributed by atoms with Crippen molar-refractivity contribution in [1.82, 2.24) is 5.43 Å². The van der Waals surface area contributed by atoms with Crippen molar-refractivity contribution in [3.05, 3.63) is 29.6 Å². The molecule has 0 heterocycles. The highest BCUT2D eigenvalue weighted by atomic mass is 19.1. The Hall–Kier alpha value is -1.17. The van der Waals surface area contributed by atoms with E-state index in [0.29, 0.717) is 17.9 Å². The van der Waals surface area contributed by atoms with Gasteiger partial charge in [0.2, 0.25) is 0 Å². The van der Waals surface area contributed by atoms with Gasteiger partial charge in [-0.15, -0.1) is 0 Å². The number of halogens is 1. The van der Waals surface area contributed by atoms with Crippen LogP contribution in [0.3, 0.4) is 0 Å². The Bertz CT molecular complexity index is 382. The second-order valence-corrected chi connectivity index (χ2v) is 4.31. The molecular formula is C14H23FN2O2. The van der Waals surface area contributed by atoms with Crippen molar-refractivity contribution >= 4 is 0 Å². The fourth-order valence-corrected chi connectivity index (χ4v) is 2.13. The number of benzene rings is 1. The first kappa shape index (κ1) is 15.9. The van der Waals surface area contributed by atoms with Crippen LogP contribution < -0.4 is 16.0 Å². The van der Waals surface area contributed by atoms with Gasteiger partial charge in [-0.2, -0.15) is 0 Å². The van der Waals surface area contributed by atoms with E-state index in [4.69, 9.17) is 15.3 Å². The second-order valence-electron chi connectivity index (χ2n) is 4.31. The summed E-state index contributed by atoms with van der Waals surface area (Å²) in [5, 5.41) is 0. The quantitative estimate of drug-likeness (QED) is 0.563. The molecule has 1 rings (SSSR count). The molecule has 5 heteroatoms. The van der Waals surface area contributed by atoms with Gasteiger partial charge in [0, 0.05) is 18.2 Å². The Morgan fingerprint density at radius 3 is 2.58 bits per heavy atom. The molecular weight excluding hydrogens is 247 g/mol. The summed E-state index contributed by atoms with van der Waals surface area (Å²) in [7, 11) is 1.51. The van der Waals surface area contributed by atoms with Crippen molar-refractivity contribution in [3.8, 4) is 5.75 Å². The first-order valence-electron chi connectivity index (χ1n) is 6.59. The maximum atomic E-state index is 14.1. The number of hydrazine groups is 1. The Labute approximate surface area is 114 Å². The van der Waals surface area contributed by atoms with E-state index in [1.54, 1.807) is 12.1 Å². The third-order valence-electron chi connectivity index (χ3n) is 3.05. The van der Waals surface area contributed by atoms with Gasteiger partial charge in [0.15, 0.2) is 0 Å². The van der Waals surface area contributed by atoms with E-state index in [2.05, 4.69) is 12.3 Å². The molecule has 0 spiro atoms. The van der Waals surface area contributed by atoms with Crippen LogP contribution in [-0.2, 0) is 4.74 Å². The Kier molecular flexibility index (Phi) is 6.77. The fraction of sp³-hybridized carbons (Fsp3) is 0.571. The highest BCUT2D eigenvalue weighted by Crippen LogP contribution is 2.27. The number of nitrogens with two attached hydrogens (primary N) is 1. The van der Waals surface area contributed by atoms with Crippen LogP contribution in [0.4, 0.5) is 4.39 Å². The zero-order valence-corrected chi connectivity index (χ0v) is 11.8. The molecule has 2 atom stereocenters. The van der Waals surface area contributed by atoms with E-state index in [-0.39, 0.29) is 18.0 Å². The molecule has 0 bridgehead atoms. The van der Waals surface area contributed by atoms with E-state index in [9.17, 15) is 4.39 Å². The average molecular weight is 270 g/mol. The van der Waals surface area contributed by atoms with Crippen molar-refractivity contribution in [2.75, 3.05) is 13.7 Å². The average Bonchev–Trinajstić information content (AvgIpc) is 2.41. The van der Waals surface area contributed by atoms with Gasteiger partial charge in [-0.25, -0.2) is 4.39 Å². The summed E-state index contributed by atoms with van der Waals surface area (Å²) < 4.78 is 24.7. The third kappa shape index (κ3) is 4.16. The van der Waals surface area contributed by atoms with Gasteiger partial charge < -0.3 is 9.47 Å². The van der Waals surface area contributed by atoms with Gasteiger partial charge in [0.1, 0.15) is 11.6 Å². The van der Waals surface area contributed by atoms with E-state index in [1.165, 1.54) is 13.2 Å². The van der Waals surface area contributed by atoms with Crippen molar-refractivity contribution in [1.29, 1.82) is 0 Å². The van der Waals surface area contributed by atoms with Gasteiger partial charge in [0.25, 0.3) is 0 Å². The summed E-state index contributed by atoms with van der Waals surface area (Å²) in [5.74, 6) is 5.72. The molecule has 19 heavy (non-hydrogen) atoms. The first-order chi connectivity index (χ1) is 9.17. The predicted molar refractivity (Wildman–Crippen MR) is 73.3 cm³/mol. The summed E-state index contributed by atoms with van der Waals surface area (Å²) in [6.07, 6.45) is 1.61. The van der Waals surface area contributed by atoms with Crippen LogP contribution in [0.2, 0.25) is 0 Å². The largest absolute Gasteiger partial charge is 0.497 e. The van der Waals surface area contributed by atoms with Gasteiger partial charge in [-0.1, -0.05) is 19.4 Å². The summed E-state index contributed by atoms with van der Waals surface area (Å²) in [6, 6.07) is 4.39. The zero-order chi connectivity index (χ0) is 14.3. The maximum Gasteiger partial charge on any atom is 0.131 e. The first-order valence-corrected chi connectivity index (χ1v) is 6.59. The van der Waals surface area contributed by atoms with Crippen LogP contribution >= 0.6 is 0 Å². The number of hydrogen-bond donors (Lipinski definition) is 2. The van der Waals surface area contributed by atoms with Crippen LogP contribution in [0.5, 0.6) is 5.75 Å². The Balaban J connectivity index is 2.99. The molecule has 0 radical (unpaired) electrons. The monoisotopic (exact) mass is 270 g/mol. The lowest BCUT2D eigenvalue weighted by molar-refractivity contribution is 0.0267. The van der Waals surface area contributed by atoms with Crippen LogP contribution in [0.25, 0.3) is 0 Å².